The van der Waals surface area contributed by atoms with Crippen molar-refractivity contribution in [3.63, 3.8) is 0 Å². The van der Waals surface area contributed by atoms with E-state index in [-0.39, 0.29) is 25.1 Å². The minimum Gasteiger partial charge on any atom is -0.469 e. The number of methoxy groups -OCH3 is 1. The number of nitrogens with zero attached hydrogens (tertiary/aromatic N) is 1. The number of hydrogen-bond acceptors (Lipinski definition) is 5. The molecule has 6 heteroatoms. The first-order chi connectivity index (χ1) is 11.1. The summed E-state index contributed by atoms with van der Waals surface area (Å²) in [6.07, 6.45) is 1.56. The smallest absolute Gasteiger partial charge is 0.349 e. The third kappa shape index (κ3) is 3.85. The van der Waals surface area contributed by atoms with Gasteiger partial charge in [-0.2, -0.15) is 0 Å². The van der Waals surface area contributed by atoms with Crippen LogP contribution in [-0.4, -0.2) is 37.0 Å². The zero-order chi connectivity index (χ0) is 16.8. The van der Waals surface area contributed by atoms with Gasteiger partial charge in [0, 0.05) is 18.5 Å². The molecule has 0 aliphatic heterocycles. The van der Waals surface area contributed by atoms with Gasteiger partial charge in [0.25, 0.3) is 5.91 Å². The van der Waals surface area contributed by atoms with Gasteiger partial charge in [0.05, 0.1) is 13.5 Å². The van der Waals surface area contributed by atoms with Crippen LogP contribution in [0.3, 0.4) is 0 Å². The summed E-state index contributed by atoms with van der Waals surface area (Å²) in [4.78, 5) is 37.2. The molecule has 0 aliphatic carbocycles. The summed E-state index contributed by atoms with van der Waals surface area (Å²) in [6.45, 7) is 3.92. The molecule has 0 saturated carbocycles. The lowest BCUT2D eigenvalue weighted by atomic mass is 10.1. The largest absolute Gasteiger partial charge is 0.469 e. The van der Waals surface area contributed by atoms with E-state index < -0.39 is 17.5 Å². The summed E-state index contributed by atoms with van der Waals surface area (Å²) < 4.78 is 9.73. The zero-order valence-electron chi connectivity index (χ0n) is 12.8. The monoisotopic (exact) mass is 315 g/mol. The molecule has 0 radical (unpaired) electrons. The Labute approximate surface area is 133 Å². The topological polar surface area (TPSA) is 76.8 Å². The van der Waals surface area contributed by atoms with Crippen molar-refractivity contribution < 1.29 is 18.7 Å². The molecule has 0 fully saturated rings. The molecule has 1 aromatic carbocycles. The number of para-hydroxylation sites is 1. The summed E-state index contributed by atoms with van der Waals surface area (Å²) in [6, 6.07) is 8.44. The molecule has 0 unspecified atom stereocenters. The average Bonchev–Trinajstić information content (AvgIpc) is 2.57. The second-order valence-corrected chi connectivity index (χ2v) is 4.85. The Morgan fingerprint density at radius 3 is 2.78 bits per heavy atom. The number of carbonyl (C=O) groups excluding carboxylic acids is 2. The van der Waals surface area contributed by atoms with Gasteiger partial charge in [0.15, 0.2) is 0 Å². The predicted molar refractivity (Wildman–Crippen MR) is 85.2 cm³/mol. The van der Waals surface area contributed by atoms with Crippen molar-refractivity contribution in [1.29, 1.82) is 0 Å². The van der Waals surface area contributed by atoms with E-state index in [1.165, 1.54) is 24.2 Å². The molecule has 6 nitrogen and oxygen atoms in total. The molecule has 2 rings (SSSR count). The number of rotatable bonds is 6. The quantitative estimate of drug-likeness (QED) is 0.463. The summed E-state index contributed by atoms with van der Waals surface area (Å²) in [5, 5.41) is 0.655. The maximum Gasteiger partial charge on any atom is 0.349 e. The van der Waals surface area contributed by atoms with Gasteiger partial charge in [-0.3, -0.25) is 9.59 Å². The maximum absolute atomic E-state index is 12.6. The van der Waals surface area contributed by atoms with Gasteiger partial charge in [-0.25, -0.2) is 4.79 Å². The SMILES string of the molecule is C=CCN(CCC(=O)OC)C(=O)c1cc2ccccc2oc1=O. The third-order valence-electron chi connectivity index (χ3n) is 3.32. The highest BCUT2D eigenvalue weighted by Crippen LogP contribution is 2.14. The standard InChI is InChI=1S/C17H17NO5/c1-3-9-18(10-8-15(19)22-2)16(20)13-11-12-6-4-5-7-14(12)23-17(13)21/h3-7,11H,1,8-10H2,2H3. The minimum absolute atomic E-state index is 0.0367. The van der Waals surface area contributed by atoms with E-state index in [2.05, 4.69) is 11.3 Å². The molecule has 0 N–H and O–H groups in total. The number of fused-ring (bicyclic) bond motifs is 1. The van der Waals surface area contributed by atoms with Crippen LogP contribution in [0, 0.1) is 0 Å². The Kier molecular flexibility index (Phi) is 5.30. The number of hydrogen-bond donors (Lipinski definition) is 0. The predicted octanol–water partition coefficient (Wildman–Crippen LogP) is 1.98. The van der Waals surface area contributed by atoms with Crippen molar-refractivity contribution in [1.82, 2.24) is 4.90 Å². The first-order valence-electron chi connectivity index (χ1n) is 7.06. The Balaban J connectivity index is 2.31. The maximum atomic E-state index is 12.6. The van der Waals surface area contributed by atoms with E-state index in [1.807, 2.05) is 0 Å². The van der Waals surface area contributed by atoms with Gasteiger partial charge in [-0.05, 0) is 12.1 Å². The van der Waals surface area contributed by atoms with Crippen molar-refractivity contribution in [2.24, 2.45) is 0 Å². The molecule has 1 aromatic heterocycles. The van der Waals surface area contributed by atoms with Crippen molar-refractivity contribution in [3.05, 3.63) is 59.0 Å². The molecule has 0 saturated heterocycles. The molecule has 0 atom stereocenters. The van der Waals surface area contributed by atoms with Gasteiger partial charge in [-0.15, -0.1) is 6.58 Å². The fraction of sp³-hybridized carbons (Fsp3) is 0.235. The van der Waals surface area contributed by atoms with E-state index >= 15 is 0 Å². The van der Waals surface area contributed by atoms with E-state index in [9.17, 15) is 14.4 Å². The number of ether oxygens (including phenoxy) is 1. The van der Waals surface area contributed by atoms with Crippen LogP contribution in [0.25, 0.3) is 11.0 Å². The van der Waals surface area contributed by atoms with Gasteiger partial charge in [-0.1, -0.05) is 24.3 Å². The first kappa shape index (κ1) is 16.5. The Morgan fingerprint density at radius 1 is 1.35 bits per heavy atom. The lowest BCUT2D eigenvalue weighted by Gasteiger charge is -2.20. The second kappa shape index (κ2) is 7.40. The van der Waals surface area contributed by atoms with Gasteiger partial charge in [0.2, 0.25) is 0 Å². The molecular weight excluding hydrogens is 298 g/mol. The Morgan fingerprint density at radius 2 is 2.09 bits per heavy atom. The first-order valence-corrected chi connectivity index (χ1v) is 7.06. The van der Waals surface area contributed by atoms with E-state index in [0.29, 0.717) is 11.0 Å². The van der Waals surface area contributed by atoms with Gasteiger partial charge < -0.3 is 14.1 Å². The highest BCUT2D eigenvalue weighted by molar-refractivity contribution is 5.96. The Bertz CT molecular complexity index is 793. The summed E-state index contributed by atoms with van der Waals surface area (Å²) in [5.41, 5.74) is -0.366. The molecule has 1 heterocycles. The highest BCUT2D eigenvalue weighted by atomic mass is 16.5. The Hall–Kier alpha value is -2.89. The van der Waals surface area contributed by atoms with E-state index in [1.54, 1.807) is 24.3 Å². The number of carbonyl (C=O) groups is 2. The van der Waals surface area contributed by atoms with Gasteiger partial charge >= 0.3 is 11.6 Å². The van der Waals surface area contributed by atoms with Crippen molar-refractivity contribution in [2.45, 2.75) is 6.42 Å². The van der Waals surface area contributed by atoms with Crippen LogP contribution < -0.4 is 5.63 Å². The van der Waals surface area contributed by atoms with Crippen molar-refractivity contribution >= 4 is 22.8 Å². The van der Waals surface area contributed by atoms with E-state index in [4.69, 9.17) is 4.42 Å². The second-order valence-electron chi connectivity index (χ2n) is 4.85. The number of amides is 1. The number of esters is 1. The fourth-order valence-electron chi connectivity index (χ4n) is 2.14. The van der Waals surface area contributed by atoms with Crippen LogP contribution in [0.1, 0.15) is 16.8 Å². The van der Waals surface area contributed by atoms with E-state index in [0.717, 1.165) is 0 Å². The lowest BCUT2D eigenvalue weighted by Crippen LogP contribution is -2.36. The molecular formula is C17H17NO5. The van der Waals surface area contributed by atoms with Crippen LogP contribution in [-0.2, 0) is 9.53 Å². The summed E-state index contributed by atoms with van der Waals surface area (Å²) >= 11 is 0. The number of benzene rings is 1. The van der Waals surface area contributed by atoms with Crippen LogP contribution in [0.2, 0.25) is 0 Å². The molecule has 120 valence electrons. The molecule has 23 heavy (non-hydrogen) atoms. The third-order valence-corrected chi connectivity index (χ3v) is 3.32. The zero-order valence-corrected chi connectivity index (χ0v) is 12.8. The molecule has 1 amide bonds. The van der Waals surface area contributed by atoms with Crippen LogP contribution in [0.4, 0.5) is 0 Å². The molecule has 0 aliphatic rings. The molecule has 0 spiro atoms. The molecule has 2 aromatic rings. The van der Waals surface area contributed by atoms with Crippen molar-refractivity contribution in [2.75, 3.05) is 20.2 Å². The lowest BCUT2D eigenvalue weighted by molar-refractivity contribution is -0.140. The van der Waals surface area contributed by atoms with Gasteiger partial charge in [0.1, 0.15) is 11.1 Å². The highest BCUT2D eigenvalue weighted by Gasteiger charge is 2.20. The minimum atomic E-state index is -0.708. The van der Waals surface area contributed by atoms with Crippen LogP contribution >= 0.6 is 0 Å². The fourth-order valence-corrected chi connectivity index (χ4v) is 2.14. The normalized spacial score (nSPS) is 10.3. The summed E-state index contributed by atoms with van der Waals surface area (Å²) in [7, 11) is 1.28. The summed E-state index contributed by atoms with van der Waals surface area (Å²) in [5.74, 6) is -0.939. The average molecular weight is 315 g/mol. The van der Waals surface area contributed by atoms with Crippen molar-refractivity contribution in [3.8, 4) is 0 Å². The molecule has 0 bridgehead atoms. The van der Waals surface area contributed by atoms with Crippen LogP contribution in [0.15, 0.2) is 52.2 Å². The van der Waals surface area contributed by atoms with Crippen LogP contribution in [0.5, 0.6) is 0 Å².